The molecule has 0 unspecified atom stereocenters. The van der Waals surface area contributed by atoms with E-state index in [2.05, 4.69) is 19.9 Å². The van der Waals surface area contributed by atoms with Gasteiger partial charge in [0.2, 0.25) is 0 Å². The maximum absolute atomic E-state index is 2.34. The second-order valence-electron chi connectivity index (χ2n) is 2.42. The summed E-state index contributed by atoms with van der Waals surface area (Å²) in [6, 6.07) is 0. The van der Waals surface area contributed by atoms with Gasteiger partial charge in [-0.05, 0) is 0 Å². The van der Waals surface area contributed by atoms with Crippen LogP contribution in [0, 0.1) is 0 Å². The Hall–Kier alpha value is 0.363. The Kier molecular flexibility index (Phi) is 2.46. The minimum atomic E-state index is 1.23. The van der Waals surface area contributed by atoms with Crippen molar-refractivity contribution in [3.05, 3.63) is 20.5 Å². The van der Waals surface area contributed by atoms with Crippen LogP contribution in [0.2, 0.25) is 0 Å². The van der Waals surface area contributed by atoms with E-state index in [1.165, 1.54) is 18.4 Å². The van der Waals surface area contributed by atoms with Crippen LogP contribution in [-0.4, -0.2) is 0 Å². The van der Waals surface area contributed by atoms with Crippen LogP contribution in [0.3, 0.4) is 0 Å². The number of rotatable bonds is 1. The van der Waals surface area contributed by atoms with Gasteiger partial charge in [-0.1, -0.05) is 0 Å². The average Bonchev–Trinajstić information content (AvgIpc) is 2.15. The molecule has 0 atom stereocenters. The number of hydrogen-bond acceptors (Lipinski definition) is 0. The van der Waals surface area contributed by atoms with Crippen LogP contribution >= 0.6 is 0 Å². The summed E-state index contributed by atoms with van der Waals surface area (Å²) >= 11 is 1.59. The van der Waals surface area contributed by atoms with Gasteiger partial charge in [-0.2, -0.15) is 0 Å². The van der Waals surface area contributed by atoms with Gasteiger partial charge in [0.1, 0.15) is 0 Å². The van der Waals surface area contributed by atoms with Crippen molar-refractivity contribution in [1.82, 2.24) is 0 Å². The fourth-order valence-corrected chi connectivity index (χ4v) is 2.02. The van der Waals surface area contributed by atoms with Gasteiger partial charge in [0, 0.05) is 0 Å². The van der Waals surface area contributed by atoms with E-state index in [0.717, 1.165) is 0 Å². The molecule has 0 spiro atoms. The standard InChI is InChI=1S/C8H11.Zr/c1-3-8-5-4-7(2)6-8;/h4H,3,5H2,1-2H3;. The molecule has 0 nitrogen and oxygen atoms in total. The van der Waals surface area contributed by atoms with Crippen LogP contribution in [0.1, 0.15) is 26.7 Å². The first-order chi connectivity index (χ1) is 4.25. The van der Waals surface area contributed by atoms with E-state index in [1.54, 1.807) is 33.6 Å². The molecule has 0 N–H and O–H groups in total. The van der Waals surface area contributed by atoms with Gasteiger partial charge in [0.15, 0.2) is 0 Å². The Balaban J connectivity index is 2.79. The van der Waals surface area contributed by atoms with Crippen molar-refractivity contribution >= 4 is 0 Å². The maximum atomic E-state index is 2.34. The molecule has 0 saturated heterocycles. The van der Waals surface area contributed by atoms with Gasteiger partial charge >= 0.3 is 71.9 Å². The van der Waals surface area contributed by atoms with Crippen LogP contribution in [0.4, 0.5) is 0 Å². The molecule has 0 aromatic carbocycles. The Bertz CT molecular complexity index is 175. The van der Waals surface area contributed by atoms with Crippen molar-refractivity contribution in [2.24, 2.45) is 0 Å². The zero-order valence-electron chi connectivity index (χ0n) is 5.99. The Morgan fingerprint density at radius 3 is 2.56 bits per heavy atom. The quantitative estimate of drug-likeness (QED) is 0.607. The molecular weight excluding hydrogens is 187 g/mol. The van der Waals surface area contributed by atoms with Crippen molar-refractivity contribution in [3.8, 4) is 0 Å². The molecular formula is C8H11Zr. The topological polar surface area (TPSA) is 0 Å². The summed E-state index contributed by atoms with van der Waals surface area (Å²) in [5, 5.41) is 0. The molecule has 1 rings (SSSR count). The van der Waals surface area contributed by atoms with Crippen molar-refractivity contribution < 1.29 is 24.7 Å². The van der Waals surface area contributed by atoms with Gasteiger partial charge in [-0.25, -0.2) is 0 Å². The first-order valence-corrected chi connectivity index (χ1v) is 4.59. The van der Waals surface area contributed by atoms with Gasteiger partial charge in [-0.3, -0.25) is 0 Å². The molecule has 0 bridgehead atoms. The monoisotopic (exact) mass is 197 g/mol. The summed E-state index contributed by atoms with van der Waals surface area (Å²) < 4.78 is 1.62. The SMILES string of the molecule is CCC1=[C]([Zr])C(C)=CC1. The molecule has 1 aliphatic carbocycles. The van der Waals surface area contributed by atoms with Crippen LogP contribution in [-0.2, 0) is 24.7 Å². The molecule has 0 aliphatic heterocycles. The van der Waals surface area contributed by atoms with Gasteiger partial charge in [0.05, 0.1) is 0 Å². The summed E-state index contributed by atoms with van der Waals surface area (Å²) in [7, 11) is 0. The molecule has 0 saturated carbocycles. The summed E-state index contributed by atoms with van der Waals surface area (Å²) in [5.74, 6) is 0. The second-order valence-corrected chi connectivity index (χ2v) is 3.65. The summed E-state index contributed by atoms with van der Waals surface area (Å²) in [4.78, 5) is 0. The molecule has 1 aliphatic rings. The molecule has 0 amide bonds. The van der Waals surface area contributed by atoms with Crippen molar-refractivity contribution in [3.63, 3.8) is 0 Å². The van der Waals surface area contributed by atoms with E-state index in [-0.39, 0.29) is 0 Å². The van der Waals surface area contributed by atoms with E-state index >= 15 is 0 Å². The molecule has 0 heterocycles. The molecule has 0 radical (unpaired) electrons. The van der Waals surface area contributed by atoms with Gasteiger partial charge < -0.3 is 0 Å². The van der Waals surface area contributed by atoms with Crippen molar-refractivity contribution in [2.75, 3.05) is 0 Å². The number of allylic oxidation sites excluding steroid dienone is 4. The van der Waals surface area contributed by atoms with Crippen LogP contribution in [0.25, 0.3) is 0 Å². The molecule has 0 aromatic rings. The van der Waals surface area contributed by atoms with Gasteiger partial charge in [-0.15, -0.1) is 0 Å². The van der Waals surface area contributed by atoms with E-state index in [1.807, 2.05) is 0 Å². The predicted molar refractivity (Wildman–Crippen MR) is 35.7 cm³/mol. The van der Waals surface area contributed by atoms with Gasteiger partial charge in [0.25, 0.3) is 0 Å². The molecule has 9 heavy (non-hydrogen) atoms. The Morgan fingerprint density at radius 2 is 2.33 bits per heavy atom. The van der Waals surface area contributed by atoms with E-state index in [0.29, 0.717) is 0 Å². The summed E-state index contributed by atoms with van der Waals surface area (Å²) in [5.41, 5.74) is 3.18. The summed E-state index contributed by atoms with van der Waals surface area (Å²) in [6.45, 7) is 4.46. The third-order valence-electron chi connectivity index (χ3n) is 1.83. The van der Waals surface area contributed by atoms with Crippen LogP contribution < -0.4 is 0 Å². The fraction of sp³-hybridized carbons (Fsp3) is 0.500. The zero-order valence-corrected chi connectivity index (χ0v) is 8.45. The van der Waals surface area contributed by atoms with Crippen LogP contribution in [0.15, 0.2) is 20.5 Å². The van der Waals surface area contributed by atoms with Crippen molar-refractivity contribution in [1.29, 1.82) is 0 Å². The fourth-order valence-electron chi connectivity index (χ4n) is 1.08. The molecule has 1 heteroatoms. The first kappa shape index (κ1) is 7.47. The Labute approximate surface area is 71.9 Å². The Morgan fingerprint density at radius 1 is 1.67 bits per heavy atom. The zero-order chi connectivity index (χ0) is 6.85. The minimum absolute atomic E-state index is 1.23. The average molecular weight is 198 g/mol. The summed E-state index contributed by atoms with van der Waals surface area (Å²) in [6.07, 6.45) is 4.81. The molecule has 47 valence electrons. The molecule has 0 fully saturated rings. The third kappa shape index (κ3) is 1.43. The van der Waals surface area contributed by atoms with Crippen LogP contribution in [0.5, 0.6) is 0 Å². The van der Waals surface area contributed by atoms with Crippen molar-refractivity contribution in [2.45, 2.75) is 26.7 Å². The number of hydrogen-bond donors (Lipinski definition) is 0. The van der Waals surface area contributed by atoms with E-state index in [4.69, 9.17) is 0 Å². The first-order valence-electron chi connectivity index (χ1n) is 3.36. The van der Waals surface area contributed by atoms with E-state index in [9.17, 15) is 0 Å². The predicted octanol–water partition coefficient (Wildman–Crippen LogP) is 2.55. The van der Waals surface area contributed by atoms with E-state index < -0.39 is 0 Å². The normalized spacial score (nSPS) is 18.6. The second kappa shape index (κ2) is 2.97. The third-order valence-corrected chi connectivity index (χ3v) is 3.67. The molecule has 0 aromatic heterocycles.